The fourth-order valence-corrected chi connectivity index (χ4v) is 3.22. The maximum Gasteiger partial charge on any atom is 0.439 e. The van der Waals surface area contributed by atoms with Crippen LogP contribution in [-0.4, -0.2) is 20.6 Å². The van der Waals surface area contributed by atoms with E-state index in [2.05, 4.69) is 38.4 Å². The van der Waals surface area contributed by atoms with E-state index in [1.54, 1.807) is 30.3 Å². The van der Waals surface area contributed by atoms with Gasteiger partial charge in [-0.05, 0) is 49.6 Å². The van der Waals surface area contributed by atoms with E-state index in [-0.39, 0.29) is 11.4 Å². The van der Waals surface area contributed by atoms with Crippen LogP contribution in [0.5, 0.6) is 0 Å². The molecule has 0 aliphatic carbocycles. The van der Waals surface area contributed by atoms with Crippen LogP contribution in [0.1, 0.15) is 30.8 Å². The van der Waals surface area contributed by atoms with Crippen molar-refractivity contribution in [2.45, 2.75) is 34.2 Å². The topological polar surface area (TPSA) is 117 Å². The number of nitriles is 1. The summed E-state index contributed by atoms with van der Waals surface area (Å²) in [5.41, 5.74) is 3.97. The number of rotatable bonds is 6. The third kappa shape index (κ3) is 4.58. The van der Waals surface area contributed by atoms with E-state index in [1.165, 1.54) is 0 Å². The molecule has 30 heavy (non-hydrogen) atoms. The Balaban J connectivity index is 1.84. The van der Waals surface area contributed by atoms with Gasteiger partial charge in [0.2, 0.25) is 0 Å². The van der Waals surface area contributed by atoms with Gasteiger partial charge < -0.3 is 9.88 Å². The number of nitrogens with one attached hydrogen (secondary N) is 2. The molecule has 0 aliphatic heterocycles. The number of hydrogen-bond acceptors (Lipinski definition) is 5. The Hall–Kier alpha value is -3.86. The third-order valence-corrected chi connectivity index (χ3v) is 4.66. The first-order valence-electron chi connectivity index (χ1n) is 9.54. The van der Waals surface area contributed by atoms with E-state index in [1.807, 2.05) is 26.0 Å². The van der Waals surface area contributed by atoms with Gasteiger partial charge in [-0.25, -0.2) is 4.79 Å². The molecule has 8 heteroatoms. The highest BCUT2D eigenvalue weighted by Crippen LogP contribution is 2.22. The average Bonchev–Trinajstić information content (AvgIpc) is 3.24. The van der Waals surface area contributed by atoms with Gasteiger partial charge >= 0.3 is 5.76 Å². The predicted molar refractivity (Wildman–Crippen MR) is 114 cm³/mol. The number of amides is 1. The zero-order chi connectivity index (χ0) is 21.8. The second kappa shape index (κ2) is 8.66. The zero-order valence-electron chi connectivity index (χ0n) is 17.3. The zero-order valence-corrected chi connectivity index (χ0v) is 17.3. The Morgan fingerprint density at radius 3 is 2.77 bits per heavy atom. The van der Waals surface area contributed by atoms with E-state index < -0.39 is 11.7 Å². The number of aromatic amines is 1. The van der Waals surface area contributed by atoms with Crippen LogP contribution in [0.3, 0.4) is 0 Å². The van der Waals surface area contributed by atoms with Crippen LogP contribution in [0, 0.1) is 31.1 Å². The third-order valence-electron chi connectivity index (χ3n) is 4.66. The lowest BCUT2D eigenvalue weighted by atomic mass is 10.1. The molecule has 0 atom stereocenters. The summed E-state index contributed by atoms with van der Waals surface area (Å²) in [6, 6.07) is 10.7. The minimum Gasteiger partial charge on any atom is -0.348 e. The molecule has 1 amide bonds. The first kappa shape index (κ1) is 20.9. The average molecular weight is 405 g/mol. The number of carbonyl (C=O) groups is 1. The molecule has 0 unspecified atom stereocenters. The van der Waals surface area contributed by atoms with E-state index in [4.69, 9.17) is 0 Å². The molecule has 0 spiro atoms. The highest BCUT2D eigenvalue weighted by molar-refractivity contribution is 6.09. The number of aryl methyl sites for hydroxylation is 1. The van der Waals surface area contributed by atoms with Gasteiger partial charge in [-0.1, -0.05) is 31.1 Å². The summed E-state index contributed by atoms with van der Waals surface area (Å²) in [6.07, 6.45) is 1.60. The number of H-pyrrole nitrogens is 1. The smallest absolute Gasteiger partial charge is 0.348 e. The summed E-state index contributed by atoms with van der Waals surface area (Å²) in [5, 5.41) is 15.9. The van der Waals surface area contributed by atoms with Crippen molar-refractivity contribution in [1.29, 1.82) is 5.26 Å². The van der Waals surface area contributed by atoms with Gasteiger partial charge in [0.1, 0.15) is 11.6 Å². The molecule has 2 heterocycles. The molecule has 3 rings (SSSR count). The molecule has 154 valence electrons. The maximum absolute atomic E-state index is 12.7. The Morgan fingerprint density at radius 1 is 1.37 bits per heavy atom. The van der Waals surface area contributed by atoms with E-state index in [9.17, 15) is 14.9 Å². The van der Waals surface area contributed by atoms with Crippen molar-refractivity contribution in [2.24, 2.45) is 5.92 Å². The second-order valence-corrected chi connectivity index (χ2v) is 7.48. The fourth-order valence-electron chi connectivity index (χ4n) is 3.22. The first-order chi connectivity index (χ1) is 14.3. The quantitative estimate of drug-likeness (QED) is 0.479. The van der Waals surface area contributed by atoms with Crippen molar-refractivity contribution < 1.29 is 9.32 Å². The molecule has 0 saturated carbocycles. The molecule has 2 N–H and O–H groups in total. The Labute approximate surface area is 173 Å². The summed E-state index contributed by atoms with van der Waals surface area (Å²) in [6.45, 7) is 9.15. The van der Waals surface area contributed by atoms with Crippen molar-refractivity contribution in [3.8, 4) is 17.5 Å². The minimum atomic E-state index is -0.663. The lowest BCUT2D eigenvalue weighted by Gasteiger charge is -2.12. The molecule has 1 aromatic carbocycles. The lowest BCUT2D eigenvalue weighted by molar-refractivity contribution is -0.112. The molecule has 0 radical (unpaired) electrons. The van der Waals surface area contributed by atoms with Gasteiger partial charge in [0.25, 0.3) is 5.91 Å². The summed E-state index contributed by atoms with van der Waals surface area (Å²) in [5.74, 6) is -0.441. The van der Waals surface area contributed by atoms with Crippen molar-refractivity contribution in [3.05, 3.63) is 63.4 Å². The number of aromatic nitrogens is 3. The largest absolute Gasteiger partial charge is 0.439 e. The van der Waals surface area contributed by atoms with Crippen molar-refractivity contribution in [1.82, 2.24) is 14.7 Å². The Bertz CT molecular complexity index is 1200. The highest BCUT2D eigenvalue weighted by Gasteiger charge is 2.14. The number of benzene rings is 1. The van der Waals surface area contributed by atoms with Gasteiger partial charge in [0, 0.05) is 29.2 Å². The van der Waals surface area contributed by atoms with Gasteiger partial charge in [-0.15, -0.1) is 0 Å². The first-order valence-corrected chi connectivity index (χ1v) is 9.54. The summed E-state index contributed by atoms with van der Waals surface area (Å²) >= 11 is 0. The van der Waals surface area contributed by atoms with Crippen LogP contribution >= 0.6 is 0 Å². The number of carbonyl (C=O) groups excluding carboxylic acids is 1. The van der Waals surface area contributed by atoms with Crippen LogP contribution in [0.2, 0.25) is 0 Å². The molecule has 0 aliphatic rings. The molecule has 3 aromatic rings. The maximum atomic E-state index is 12.7. The predicted octanol–water partition coefficient (Wildman–Crippen LogP) is 3.65. The molecule has 0 fully saturated rings. The van der Waals surface area contributed by atoms with E-state index >= 15 is 0 Å². The van der Waals surface area contributed by atoms with Crippen LogP contribution < -0.4 is 11.1 Å². The van der Waals surface area contributed by atoms with Crippen LogP contribution in [0.15, 0.2) is 45.2 Å². The van der Waals surface area contributed by atoms with E-state index in [0.717, 1.165) is 23.5 Å². The molecule has 0 saturated heterocycles. The fraction of sp³-hybridized carbons (Fsp3) is 0.273. The number of anilines is 1. The van der Waals surface area contributed by atoms with Crippen LogP contribution in [0.4, 0.5) is 5.69 Å². The number of nitrogens with zero attached hydrogens (tertiary/aromatic N) is 3. The highest BCUT2D eigenvalue weighted by atomic mass is 16.5. The lowest BCUT2D eigenvalue weighted by Crippen LogP contribution is -2.13. The van der Waals surface area contributed by atoms with Gasteiger partial charge in [-0.2, -0.15) is 5.26 Å². The van der Waals surface area contributed by atoms with Gasteiger partial charge in [-0.3, -0.25) is 14.3 Å². The standard InChI is InChI=1S/C22H23N5O3/c1-13(2)12-27-14(3)8-17(15(27)4)9-18(11-23)21(28)24-19-7-5-6-16(10-19)20-25-22(29)30-26-20/h5-10,13H,12H2,1-4H3,(H,24,28)(H,25,26,29)/b18-9-. The Kier molecular flexibility index (Phi) is 6.02. The molecule has 2 aromatic heterocycles. The monoisotopic (exact) mass is 405 g/mol. The molecular weight excluding hydrogens is 382 g/mol. The second-order valence-electron chi connectivity index (χ2n) is 7.48. The molecule has 8 nitrogen and oxygen atoms in total. The summed E-state index contributed by atoms with van der Waals surface area (Å²) in [4.78, 5) is 26.3. The minimum absolute atomic E-state index is 0.0000399. The van der Waals surface area contributed by atoms with E-state index in [0.29, 0.717) is 17.2 Å². The normalized spacial score (nSPS) is 11.5. The van der Waals surface area contributed by atoms with Gasteiger partial charge in [0.05, 0.1) is 0 Å². The summed E-state index contributed by atoms with van der Waals surface area (Å²) in [7, 11) is 0. The molecular formula is C22H23N5O3. The Morgan fingerprint density at radius 2 is 2.13 bits per heavy atom. The number of hydrogen-bond donors (Lipinski definition) is 2. The molecule has 0 bridgehead atoms. The van der Waals surface area contributed by atoms with Gasteiger partial charge in [0.15, 0.2) is 5.82 Å². The SMILES string of the molecule is Cc1cc(/C=C(/C#N)C(=O)Nc2cccc(-c3noc(=O)[nH]3)c2)c(C)n1CC(C)C. The van der Waals surface area contributed by atoms with Crippen LogP contribution in [-0.2, 0) is 11.3 Å². The summed E-state index contributed by atoms with van der Waals surface area (Å²) < 4.78 is 6.69. The van der Waals surface area contributed by atoms with Crippen LogP contribution in [0.25, 0.3) is 17.5 Å². The van der Waals surface area contributed by atoms with Crippen molar-refractivity contribution >= 4 is 17.7 Å². The van der Waals surface area contributed by atoms with Crippen molar-refractivity contribution in [3.63, 3.8) is 0 Å². The van der Waals surface area contributed by atoms with Crippen molar-refractivity contribution in [2.75, 3.05) is 5.32 Å².